The van der Waals surface area contributed by atoms with Crippen molar-refractivity contribution in [3.05, 3.63) is 92.4 Å². The molecule has 154 valence electrons. The largest absolute Gasteiger partial charge is 0.360 e. The first kappa shape index (κ1) is 20.3. The van der Waals surface area contributed by atoms with Crippen LogP contribution in [0.3, 0.4) is 0 Å². The molecular formula is C22H19FN2O3S2. The lowest BCUT2D eigenvalue weighted by Gasteiger charge is -2.29. The Morgan fingerprint density at radius 2 is 1.83 bits per heavy atom. The average Bonchev–Trinajstić information content (AvgIpc) is 3.19. The van der Waals surface area contributed by atoms with Crippen molar-refractivity contribution >= 4 is 38.5 Å². The standard InChI is InChI=1S/C22H19FN2O3S2/c1-14-4-3-5-18(15(14)2)24-12-20-21(26)22-19(10-11-29-22)25(30(20,27)28)13-16-6-8-17(23)9-7-16/h3-12,24H,13H2,1-2H3/b20-12-. The van der Waals surface area contributed by atoms with Gasteiger partial charge in [0.05, 0.1) is 12.2 Å². The van der Waals surface area contributed by atoms with Gasteiger partial charge in [0, 0.05) is 11.9 Å². The predicted molar refractivity (Wildman–Crippen MR) is 118 cm³/mol. The summed E-state index contributed by atoms with van der Waals surface area (Å²) in [5.74, 6) is -0.932. The summed E-state index contributed by atoms with van der Waals surface area (Å²) < 4.78 is 41.2. The Kier molecular flexibility index (Phi) is 5.21. The van der Waals surface area contributed by atoms with Crippen LogP contribution in [0.5, 0.6) is 0 Å². The number of hydrogen-bond donors (Lipinski definition) is 1. The van der Waals surface area contributed by atoms with Crippen molar-refractivity contribution in [2.24, 2.45) is 0 Å². The fourth-order valence-corrected chi connectivity index (χ4v) is 5.75. The molecule has 5 nitrogen and oxygen atoms in total. The van der Waals surface area contributed by atoms with Crippen LogP contribution in [0.15, 0.2) is 65.0 Å². The van der Waals surface area contributed by atoms with Gasteiger partial charge in [-0.15, -0.1) is 11.3 Å². The van der Waals surface area contributed by atoms with Crippen LogP contribution in [-0.4, -0.2) is 14.2 Å². The number of nitrogens with zero attached hydrogens (tertiary/aromatic N) is 1. The molecule has 1 aliphatic heterocycles. The monoisotopic (exact) mass is 442 g/mol. The lowest BCUT2D eigenvalue weighted by molar-refractivity contribution is 0.104. The highest BCUT2D eigenvalue weighted by molar-refractivity contribution is 7.97. The van der Waals surface area contributed by atoms with Gasteiger partial charge in [0.25, 0.3) is 10.0 Å². The van der Waals surface area contributed by atoms with Crippen LogP contribution >= 0.6 is 11.3 Å². The van der Waals surface area contributed by atoms with Gasteiger partial charge in [0.2, 0.25) is 5.78 Å². The van der Waals surface area contributed by atoms with Crippen molar-refractivity contribution in [1.82, 2.24) is 0 Å². The topological polar surface area (TPSA) is 66.5 Å². The lowest BCUT2D eigenvalue weighted by Crippen LogP contribution is -2.38. The van der Waals surface area contributed by atoms with E-state index >= 15 is 0 Å². The van der Waals surface area contributed by atoms with Crippen LogP contribution in [-0.2, 0) is 16.6 Å². The Hall–Kier alpha value is -2.97. The molecule has 0 bridgehead atoms. The summed E-state index contributed by atoms with van der Waals surface area (Å²) in [6.45, 7) is 3.88. The third-order valence-corrected chi connectivity index (χ3v) is 7.78. The number of thiophene rings is 1. The minimum atomic E-state index is -4.10. The van der Waals surface area contributed by atoms with Crippen molar-refractivity contribution < 1.29 is 17.6 Å². The zero-order chi connectivity index (χ0) is 21.5. The van der Waals surface area contributed by atoms with Gasteiger partial charge < -0.3 is 5.32 Å². The number of fused-ring (bicyclic) bond motifs is 1. The van der Waals surface area contributed by atoms with Gasteiger partial charge in [-0.3, -0.25) is 9.10 Å². The molecule has 1 N–H and O–H groups in total. The summed E-state index contributed by atoms with van der Waals surface area (Å²) in [5, 5.41) is 4.68. The predicted octanol–water partition coefficient (Wildman–Crippen LogP) is 4.99. The SMILES string of the molecule is Cc1cccc(N/C=C2/C(=O)c3sccc3N(Cc3ccc(F)cc3)S2(=O)=O)c1C. The average molecular weight is 443 g/mol. The molecule has 8 heteroatoms. The zero-order valence-electron chi connectivity index (χ0n) is 16.3. The van der Waals surface area contributed by atoms with E-state index < -0.39 is 21.6 Å². The Morgan fingerprint density at radius 3 is 2.57 bits per heavy atom. The first-order valence-corrected chi connectivity index (χ1v) is 11.5. The first-order chi connectivity index (χ1) is 14.3. The number of carbonyl (C=O) groups excluding carboxylic acids is 1. The number of allylic oxidation sites excluding steroid dienone is 1. The van der Waals surface area contributed by atoms with E-state index in [0.717, 1.165) is 16.8 Å². The van der Waals surface area contributed by atoms with Gasteiger partial charge in [-0.1, -0.05) is 24.3 Å². The number of rotatable bonds is 4. The molecule has 0 fully saturated rings. The first-order valence-electron chi connectivity index (χ1n) is 9.21. The molecule has 1 aromatic heterocycles. The smallest absolute Gasteiger partial charge is 0.270 e. The minimum Gasteiger partial charge on any atom is -0.360 e. The molecule has 0 atom stereocenters. The molecule has 0 radical (unpaired) electrons. The quantitative estimate of drug-likeness (QED) is 0.578. The number of ketones is 1. The summed E-state index contributed by atoms with van der Waals surface area (Å²) in [6.07, 6.45) is 1.26. The van der Waals surface area contributed by atoms with Gasteiger partial charge in [0.15, 0.2) is 4.91 Å². The molecule has 2 aromatic carbocycles. The Labute approximate surface area is 178 Å². The lowest BCUT2D eigenvalue weighted by atomic mass is 10.1. The molecule has 1 aliphatic rings. The van der Waals surface area contributed by atoms with Crippen LogP contribution in [0.1, 0.15) is 26.4 Å². The van der Waals surface area contributed by atoms with Crippen LogP contribution in [0.2, 0.25) is 0 Å². The second kappa shape index (κ2) is 7.70. The highest BCUT2D eigenvalue weighted by Crippen LogP contribution is 2.39. The number of aryl methyl sites for hydroxylation is 1. The summed E-state index contributed by atoms with van der Waals surface area (Å²) in [6, 6.07) is 12.9. The van der Waals surface area contributed by atoms with Gasteiger partial charge in [-0.05, 0) is 60.2 Å². The molecule has 30 heavy (non-hydrogen) atoms. The Morgan fingerprint density at radius 1 is 1.10 bits per heavy atom. The number of hydrogen-bond acceptors (Lipinski definition) is 5. The number of sulfonamides is 1. The summed E-state index contributed by atoms with van der Waals surface area (Å²) >= 11 is 1.20. The van der Waals surface area contributed by atoms with Crippen molar-refractivity contribution in [3.8, 4) is 0 Å². The Balaban J connectivity index is 1.75. The zero-order valence-corrected chi connectivity index (χ0v) is 18.0. The van der Waals surface area contributed by atoms with E-state index in [1.807, 2.05) is 32.0 Å². The number of carbonyl (C=O) groups is 1. The highest BCUT2D eigenvalue weighted by atomic mass is 32.2. The molecular weight excluding hydrogens is 423 g/mol. The molecule has 0 spiro atoms. The van der Waals surface area contributed by atoms with Gasteiger partial charge in [-0.2, -0.15) is 0 Å². The molecule has 0 saturated carbocycles. The van der Waals surface area contributed by atoms with E-state index in [1.54, 1.807) is 11.4 Å². The van der Waals surface area contributed by atoms with Gasteiger partial charge >= 0.3 is 0 Å². The number of anilines is 2. The number of Topliss-reactive ketones (excluding diaryl/α,β-unsaturated/α-hetero) is 1. The van der Waals surface area contributed by atoms with E-state index in [-0.39, 0.29) is 11.4 Å². The fourth-order valence-electron chi connectivity index (χ4n) is 3.26. The van der Waals surface area contributed by atoms with E-state index in [2.05, 4.69) is 5.32 Å². The second-order valence-corrected chi connectivity index (χ2v) is 9.75. The van der Waals surface area contributed by atoms with E-state index in [4.69, 9.17) is 0 Å². The summed E-state index contributed by atoms with van der Waals surface area (Å²) in [4.78, 5) is 13.0. The maximum Gasteiger partial charge on any atom is 0.270 e. The van der Waals surface area contributed by atoms with Gasteiger partial charge in [0.1, 0.15) is 10.7 Å². The summed E-state index contributed by atoms with van der Waals surface area (Å²) in [5.41, 5.74) is 3.71. The highest BCUT2D eigenvalue weighted by Gasteiger charge is 2.41. The van der Waals surface area contributed by atoms with Crippen molar-refractivity contribution in [3.63, 3.8) is 0 Å². The number of halogens is 1. The van der Waals surface area contributed by atoms with Crippen LogP contribution in [0.25, 0.3) is 0 Å². The Bertz CT molecular complexity index is 1260. The van der Waals surface area contributed by atoms with Crippen LogP contribution in [0, 0.1) is 19.7 Å². The number of nitrogens with one attached hydrogen (secondary N) is 1. The van der Waals surface area contributed by atoms with E-state index in [0.29, 0.717) is 16.1 Å². The van der Waals surface area contributed by atoms with E-state index in [1.165, 1.54) is 46.1 Å². The van der Waals surface area contributed by atoms with Crippen molar-refractivity contribution in [2.45, 2.75) is 20.4 Å². The minimum absolute atomic E-state index is 0.000436. The molecule has 3 aromatic rings. The normalized spacial score (nSPS) is 16.6. The summed E-state index contributed by atoms with van der Waals surface area (Å²) in [7, 11) is -4.10. The second-order valence-electron chi connectivity index (χ2n) is 7.00. The van der Waals surface area contributed by atoms with Crippen molar-refractivity contribution in [1.29, 1.82) is 0 Å². The third-order valence-electron chi connectivity index (χ3n) is 5.11. The fraction of sp³-hybridized carbons (Fsp3) is 0.136. The molecule has 2 heterocycles. The maximum absolute atomic E-state index is 13.4. The molecule has 4 rings (SSSR count). The van der Waals surface area contributed by atoms with Crippen molar-refractivity contribution in [2.75, 3.05) is 9.62 Å². The van der Waals surface area contributed by atoms with E-state index in [9.17, 15) is 17.6 Å². The third kappa shape index (κ3) is 3.53. The van der Waals surface area contributed by atoms with Crippen LogP contribution in [0.4, 0.5) is 15.8 Å². The molecule has 0 unspecified atom stereocenters. The van der Waals surface area contributed by atoms with Crippen LogP contribution < -0.4 is 9.62 Å². The van der Waals surface area contributed by atoms with Gasteiger partial charge in [-0.25, -0.2) is 12.8 Å². The molecule has 0 amide bonds. The molecule has 0 saturated heterocycles. The maximum atomic E-state index is 13.4. The molecule has 0 aliphatic carbocycles. The number of benzene rings is 2.